The summed E-state index contributed by atoms with van der Waals surface area (Å²) in [6.45, 7) is 5.68. The van der Waals surface area contributed by atoms with Gasteiger partial charge in [-0.15, -0.1) is 0 Å². The van der Waals surface area contributed by atoms with E-state index < -0.39 is 0 Å². The highest BCUT2D eigenvalue weighted by Gasteiger charge is 2.25. The highest BCUT2D eigenvalue weighted by Crippen LogP contribution is 2.28. The van der Waals surface area contributed by atoms with Crippen molar-refractivity contribution in [3.05, 3.63) is 23.3 Å². The van der Waals surface area contributed by atoms with Crippen LogP contribution in [-0.2, 0) is 9.47 Å². The number of ether oxygens (including phenoxy) is 2. The van der Waals surface area contributed by atoms with E-state index in [1.165, 1.54) is 11.1 Å². The first kappa shape index (κ1) is 8.02. The maximum absolute atomic E-state index is 5.44. The number of rotatable bonds is 1. The van der Waals surface area contributed by atoms with Gasteiger partial charge in [-0.2, -0.15) is 0 Å². The number of hydrogen-bond donors (Lipinski definition) is 0. The van der Waals surface area contributed by atoms with E-state index >= 15 is 0 Å². The SMILES string of the molecule is CC1OCC=C1C1=CCOC1C. The highest BCUT2D eigenvalue weighted by atomic mass is 16.5. The van der Waals surface area contributed by atoms with Crippen LogP contribution < -0.4 is 0 Å². The summed E-state index contributed by atoms with van der Waals surface area (Å²) < 4.78 is 10.9. The van der Waals surface area contributed by atoms with Gasteiger partial charge in [-0.3, -0.25) is 0 Å². The first-order chi connectivity index (χ1) is 5.79. The normalized spacial score (nSPS) is 35.2. The van der Waals surface area contributed by atoms with Crippen LogP contribution in [-0.4, -0.2) is 25.4 Å². The fourth-order valence-corrected chi connectivity index (χ4v) is 1.78. The van der Waals surface area contributed by atoms with E-state index in [0.29, 0.717) is 0 Å². The van der Waals surface area contributed by atoms with E-state index in [1.54, 1.807) is 0 Å². The molecule has 2 heterocycles. The van der Waals surface area contributed by atoms with E-state index in [4.69, 9.17) is 9.47 Å². The van der Waals surface area contributed by atoms with Crippen molar-refractivity contribution >= 4 is 0 Å². The second-order valence-corrected chi connectivity index (χ2v) is 3.27. The zero-order valence-electron chi connectivity index (χ0n) is 7.54. The summed E-state index contributed by atoms with van der Waals surface area (Å²) in [6, 6.07) is 0. The third-order valence-electron chi connectivity index (χ3n) is 2.51. The fraction of sp³-hybridized carbons (Fsp3) is 0.600. The van der Waals surface area contributed by atoms with Crippen LogP contribution in [0.3, 0.4) is 0 Å². The molecule has 0 aromatic heterocycles. The zero-order valence-corrected chi connectivity index (χ0v) is 7.54. The Morgan fingerprint density at radius 1 is 1.00 bits per heavy atom. The first-order valence-electron chi connectivity index (χ1n) is 4.42. The van der Waals surface area contributed by atoms with Crippen molar-refractivity contribution in [2.45, 2.75) is 26.1 Å². The van der Waals surface area contributed by atoms with Crippen molar-refractivity contribution in [3.63, 3.8) is 0 Å². The third kappa shape index (κ3) is 1.21. The molecule has 0 saturated carbocycles. The van der Waals surface area contributed by atoms with Gasteiger partial charge in [0, 0.05) is 0 Å². The molecule has 0 N–H and O–H groups in total. The van der Waals surface area contributed by atoms with Gasteiger partial charge in [0.1, 0.15) is 0 Å². The Morgan fingerprint density at radius 2 is 1.42 bits per heavy atom. The van der Waals surface area contributed by atoms with Crippen molar-refractivity contribution in [2.24, 2.45) is 0 Å². The molecule has 0 aromatic carbocycles. The maximum atomic E-state index is 5.44. The minimum Gasteiger partial charge on any atom is -0.370 e. The van der Waals surface area contributed by atoms with E-state index in [2.05, 4.69) is 26.0 Å². The molecule has 66 valence electrons. The Balaban J connectivity index is 2.18. The fourth-order valence-electron chi connectivity index (χ4n) is 1.78. The van der Waals surface area contributed by atoms with Crippen molar-refractivity contribution in [3.8, 4) is 0 Å². The summed E-state index contributed by atoms with van der Waals surface area (Å²) in [5.41, 5.74) is 2.64. The monoisotopic (exact) mass is 166 g/mol. The minimum atomic E-state index is 0.250. The Labute approximate surface area is 72.9 Å². The Hall–Kier alpha value is -0.600. The molecule has 2 unspecified atom stereocenters. The van der Waals surface area contributed by atoms with E-state index in [9.17, 15) is 0 Å². The van der Waals surface area contributed by atoms with E-state index in [0.717, 1.165) is 13.2 Å². The van der Waals surface area contributed by atoms with Gasteiger partial charge in [-0.1, -0.05) is 12.2 Å². The van der Waals surface area contributed by atoms with Crippen LogP contribution in [0, 0.1) is 0 Å². The standard InChI is InChI=1S/C10H14O2/c1-7-9(3-5-11-7)10-4-6-12-8(10)2/h3-4,7-8H,5-6H2,1-2H3. The molecule has 0 radical (unpaired) electrons. The van der Waals surface area contributed by atoms with Crippen LogP contribution in [0.4, 0.5) is 0 Å². The Morgan fingerprint density at radius 3 is 1.67 bits per heavy atom. The number of hydrogen-bond acceptors (Lipinski definition) is 2. The van der Waals surface area contributed by atoms with Crippen molar-refractivity contribution in [1.29, 1.82) is 0 Å². The van der Waals surface area contributed by atoms with Gasteiger partial charge in [0.2, 0.25) is 0 Å². The molecule has 0 aromatic rings. The van der Waals surface area contributed by atoms with Gasteiger partial charge in [-0.25, -0.2) is 0 Å². The van der Waals surface area contributed by atoms with Crippen LogP contribution in [0.2, 0.25) is 0 Å². The van der Waals surface area contributed by atoms with Crippen LogP contribution in [0.25, 0.3) is 0 Å². The highest BCUT2D eigenvalue weighted by molar-refractivity contribution is 5.39. The lowest BCUT2D eigenvalue weighted by molar-refractivity contribution is 0.124. The topological polar surface area (TPSA) is 18.5 Å². The summed E-state index contributed by atoms with van der Waals surface area (Å²) in [5.74, 6) is 0. The summed E-state index contributed by atoms with van der Waals surface area (Å²) in [5, 5.41) is 0. The largest absolute Gasteiger partial charge is 0.370 e. The average Bonchev–Trinajstić information content (AvgIpc) is 2.59. The molecular weight excluding hydrogens is 152 g/mol. The van der Waals surface area contributed by atoms with Crippen LogP contribution >= 0.6 is 0 Å². The second kappa shape index (κ2) is 3.04. The lowest BCUT2D eigenvalue weighted by Gasteiger charge is -2.13. The molecule has 2 nitrogen and oxygen atoms in total. The van der Waals surface area contributed by atoms with E-state index in [1.807, 2.05) is 0 Å². The van der Waals surface area contributed by atoms with Gasteiger partial charge in [0.05, 0.1) is 25.4 Å². The van der Waals surface area contributed by atoms with Gasteiger partial charge in [-0.05, 0) is 25.0 Å². The molecule has 0 saturated heterocycles. The molecule has 2 heteroatoms. The summed E-state index contributed by atoms with van der Waals surface area (Å²) in [4.78, 5) is 0. The minimum absolute atomic E-state index is 0.250. The molecule has 0 bridgehead atoms. The molecule has 2 aliphatic rings. The average molecular weight is 166 g/mol. The molecule has 2 atom stereocenters. The van der Waals surface area contributed by atoms with Crippen LogP contribution in [0.1, 0.15) is 13.8 Å². The summed E-state index contributed by atoms with van der Waals surface area (Å²) in [7, 11) is 0. The van der Waals surface area contributed by atoms with Crippen LogP contribution in [0.5, 0.6) is 0 Å². The maximum Gasteiger partial charge on any atom is 0.0802 e. The first-order valence-corrected chi connectivity index (χ1v) is 4.42. The third-order valence-corrected chi connectivity index (χ3v) is 2.51. The molecule has 0 fully saturated rings. The lowest BCUT2D eigenvalue weighted by Crippen LogP contribution is -2.12. The molecular formula is C10H14O2. The van der Waals surface area contributed by atoms with Gasteiger partial charge in [0.25, 0.3) is 0 Å². The van der Waals surface area contributed by atoms with Crippen molar-refractivity contribution < 1.29 is 9.47 Å². The quantitative estimate of drug-likeness (QED) is 0.590. The summed E-state index contributed by atoms with van der Waals surface area (Å²) in [6.07, 6.45) is 4.81. The molecule has 0 spiro atoms. The van der Waals surface area contributed by atoms with Gasteiger partial charge >= 0.3 is 0 Å². The molecule has 12 heavy (non-hydrogen) atoms. The van der Waals surface area contributed by atoms with Gasteiger partial charge in [0.15, 0.2) is 0 Å². The smallest absolute Gasteiger partial charge is 0.0802 e. The summed E-state index contributed by atoms with van der Waals surface area (Å²) >= 11 is 0. The Bertz CT molecular complexity index is 214. The van der Waals surface area contributed by atoms with Crippen molar-refractivity contribution in [1.82, 2.24) is 0 Å². The second-order valence-electron chi connectivity index (χ2n) is 3.27. The molecule has 0 amide bonds. The predicted octanol–water partition coefficient (Wildman–Crippen LogP) is 1.68. The molecule has 0 aliphatic carbocycles. The van der Waals surface area contributed by atoms with Crippen LogP contribution in [0.15, 0.2) is 23.3 Å². The van der Waals surface area contributed by atoms with E-state index in [-0.39, 0.29) is 12.2 Å². The molecule has 2 aliphatic heterocycles. The Kier molecular flexibility index (Phi) is 2.03. The van der Waals surface area contributed by atoms with Gasteiger partial charge < -0.3 is 9.47 Å². The van der Waals surface area contributed by atoms with Crippen molar-refractivity contribution in [2.75, 3.05) is 13.2 Å². The lowest BCUT2D eigenvalue weighted by atomic mass is 9.99. The molecule has 2 rings (SSSR count). The zero-order chi connectivity index (χ0) is 8.55. The predicted molar refractivity (Wildman–Crippen MR) is 47.0 cm³/mol.